The lowest BCUT2D eigenvalue weighted by Gasteiger charge is -2.13. The molecule has 5 rings (SSSR count). The largest absolute Gasteiger partial charge is 0.462 e. The number of ketones is 1. The molecule has 4 heteroatoms. The van der Waals surface area contributed by atoms with Gasteiger partial charge in [-0.25, -0.2) is 4.79 Å². The van der Waals surface area contributed by atoms with Gasteiger partial charge in [-0.3, -0.25) is 4.79 Å². The number of fused-ring (bicyclic) bond motifs is 3. The van der Waals surface area contributed by atoms with Crippen LogP contribution in [0, 0.1) is 0 Å². The molecule has 1 heterocycles. The molecular formula is C26H19NO3. The lowest BCUT2D eigenvalue weighted by atomic mass is 10.0. The second kappa shape index (κ2) is 7.16. The smallest absolute Gasteiger partial charge is 0.338 e. The summed E-state index contributed by atoms with van der Waals surface area (Å²) in [5.74, 6) is -0.300. The van der Waals surface area contributed by atoms with Gasteiger partial charge in [0.05, 0.1) is 17.9 Å². The minimum Gasteiger partial charge on any atom is -0.462 e. The molecule has 0 fully saturated rings. The normalized spacial score (nSPS) is 11.8. The zero-order chi connectivity index (χ0) is 20.7. The Kier molecular flexibility index (Phi) is 4.32. The van der Waals surface area contributed by atoms with Crippen molar-refractivity contribution in [3.05, 3.63) is 102 Å². The first-order chi connectivity index (χ1) is 14.7. The molecule has 0 N–H and O–H groups in total. The van der Waals surface area contributed by atoms with Gasteiger partial charge >= 0.3 is 5.97 Å². The highest BCUT2D eigenvalue weighted by Crippen LogP contribution is 2.45. The van der Waals surface area contributed by atoms with E-state index in [9.17, 15) is 9.59 Å². The maximum Gasteiger partial charge on any atom is 0.338 e. The number of benzene rings is 3. The van der Waals surface area contributed by atoms with Crippen molar-refractivity contribution >= 4 is 11.8 Å². The van der Waals surface area contributed by atoms with Gasteiger partial charge in [-0.1, -0.05) is 54.6 Å². The minimum atomic E-state index is -0.341. The lowest BCUT2D eigenvalue weighted by molar-refractivity contribution is 0.0526. The maximum atomic E-state index is 13.1. The summed E-state index contributed by atoms with van der Waals surface area (Å²) in [7, 11) is 0. The van der Waals surface area contributed by atoms with E-state index in [0.29, 0.717) is 17.7 Å². The highest BCUT2D eigenvalue weighted by Gasteiger charge is 2.32. The standard InChI is InChI=1S/C26H19NO3/c1-2-30-26(29)18-12-14-19(15-13-18)27-16-22-23(24(27)17-8-4-3-5-9-17)20-10-6-7-11-21(20)25(22)28/h3-16H,2H2,1H3. The molecule has 0 saturated carbocycles. The van der Waals surface area contributed by atoms with Crippen molar-refractivity contribution in [1.29, 1.82) is 0 Å². The van der Waals surface area contributed by atoms with E-state index in [2.05, 4.69) is 0 Å². The average Bonchev–Trinajstić information content (AvgIpc) is 3.31. The molecule has 0 spiro atoms. The van der Waals surface area contributed by atoms with Crippen LogP contribution in [0.25, 0.3) is 28.1 Å². The van der Waals surface area contributed by atoms with E-state index in [1.165, 1.54) is 0 Å². The molecule has 4 aromatic rings. The van der Waals surface area contributed by atoms with Gasteiger partial charge in [0.15, 0.2) is 5.78 Å². The number of carbonyl (C=O) groups excluding carboxylic acids is 2. The fraction of sp³-hybridized carbons (Fsp3) is 0.0769. The van der Waals surface area contributed by atoms with Gasteiger partial charge < -0.3 is 9.30 Å². The SMILES string of the molecule is CCOC(=O)c1ccc(-n2cc3c(c2-c2ccccc2)-c2ccccc2C3=O)cc1. The van der Waals surface area contributed by atoms with Crippen LogP contribution < -0.4 is 0 Å². The van der Waals surface area contributed by atoms with Crippen molar-refractivity contribution in [1.82, 2.24) is 4.57 Å². The van der Waals surface area contributed by atoms with Gasteiger partial charge in [0.2, 0.25) is 0 Å². The fourth-order valence-electron chi connectivity index (χ4n) is 4.05. The number of ether oxygens (including phenoxy) is 1. The van der Waals surface area contributed by atoms with Crippen molar-refractivity contribution in [2.45, 2.75) is 6.92 Å². The summed E-state index contributed by atoms with van der Waals surface area (Å²) in [4.78, 5) is 25.1. The number of aromatic nitrogens is 1. The molecule has 1 aliphatic rings. The van der Waals surface area contributed by atoms with Gasteiger partial charge in [0, 0.05) is 28.6 Å². The van der Waals surface area contributed by atoms with Crippen LogP contribution >= 0.6 is 0 Å². The Morgan fingerprint density at radius 1 is 0.833 bits per heavy atom. The molecule has 4 nitrogen and oxygen atoms in total. The minimum absolute atomic E-state index is 0.0414. The van der Waals surface area contributed by atoms with Crippen molar-refractivity contribution in [2.24, 2.45) is 0 Å². The fourth-order valence-corrected chi connectivity index (χ4v) is 4.05. The topological polar surface area (TPSA) is 48.3 Å². The molecule has 146 valence electrons. The first-order valence-electron chi connectivity index (χ1n) is 9.91. The average molecular weight is 393 g/mol. The molecule has 0 amide bonds. The van der Waals surface area contributed by atoms with Gasteiger partial charge in [0.1, 0.15) is 0 Å². The van der Waals surface area contributed by atoms with Crippen LogP contribution in [-0.2, 0) is 4.74 Å². The molecule has 0 aliphatic heterocycles. The van der Waals surface area contributed by atoms with Gasteiger partial charge in [-0.15, -0.1) is 0 Å². The Morgan fingerprint density at radius 2 is 1.50 bits per heavy atom. The molecular weight excluding hydrogens is 374 g/mol. The molecule has 0 atom stereocenters. The Labute approximate surface area is 174 Å². The van der Waals surface area contributed by atoms with Crippen molar-refractivity contribution in [2.75, 3.05) is 6.61 Å². The van der Waals surface area contributed by atoms with E-state index < -0.39 is 0 Å². The molecule has 0 bridgehead atoms. The van der Waals surface area contributed by atoms with Crippen molar-refractivity contribution in [3.8, 4) is 28.1 Å². The molecule has 0 radical (unpaired) electrons. The number of esters is 1. The van der Waals surface area contributed by atoms with Crippen LogP contribution in [0.4, 0.5) is 0 Å². The van der Waals surface area contributed by atoms with E-state index >= 15 is 0 Å². The van der Waals surface area contributed by atoms with E-state index in [1.54, 1.807) is 19.1 Å². The predicted molar refractivity (Wildman–Crippen MR) is 116 cm³/mol. The second-order valence-electron chi connectivity index (χ2n) is 7.14. The summed E-state index contributed by atoms with van der Waals surface area (Å²) < 4.78 is 7.11. The molecule has 0 saturated heterocycles. The third-order valence-corrected chi connectivity index (χ3v) is 5.39. The van der Waals surface area contributed by atoms with E-state index in [1.807, 2.05) is 77.5 Å². The Morgan fingerprint density at radius 3 is 2.20 bits per heavy atom. The molecule has 1 aliphatic carbocycles. The monoisotopic (exact) mass is 393 g/mol. The predicted octanol–water partition coefficient (Wildman–Crippen LogP) is 5.53. The quantitative estimate of drug-likeness (QED) is 0.377. The zero-order valence-corrected chi connectivity index (χ0v) is 16.5. The van der Waals surface area contributed by atoms with E-state index in [0.717, 1.165) is 33.6 Å². The highest BCUT2D eigenvalue weighted by molar-refractivity contribution is 6.24. The number of hydrogen-bond acceptors (Lipinski definition) is 3. The van der Waals surface area contributed by atoms with Crippen LogP contribution in [0.1, 0.15) is 33.2 Å². The molecule has 1 aromatic heterocycles. The van der Waals surface area contributed by atoms with Crippen LogP contribution in [0.5, 0.6) is 0 Å². The first kappa shape index (κ1) is 18.1. The van der Waals surface area contributed by atoms with Crippen LogP contribution in [-0.4, -0.2) is 22.9 Å². The van der Waals surface area contributed by atoms with E-state index in [4.69, 9.17) is 4.74 Å². The van der Waals surface area contributed by atoms with Gasteiger partial charge in [-0.05, 0) is 42.3 Å². The number of carbonyl (C=O) groups is 2. The number of nitrogens with zero attached hydrogens (tertiary/aromatic N) is 1. The lowest BCUT2D eigenvalue weighted by Crippen LogP contribution is -2.05. The summed E-state index contributed by atoms with van der Waals surface area (Å²) in [6.45, 7) is 2.12. The van der Waals surface area contributed by atoms with Crippen LogP contribution in [0.2, 0.25) is 0 Å². The highest BCUT2D eigenvalue weighted by atomic mass is 16.5. The third kappa shape index (κ3) is 2.77. The molecule has 30 heavy (non-hydrogen) atoms. The summed E-state index contributed by atoms with van der Waals surface area (Å²) in [5, 5.41) is 0. The van der Waals surface area contributed by atoms with Crippen LogP contribution in [0.15, 0.2) is 85.1 Å². The summed E-state index contributed by atoms with van der Waals surface area (Å²) in [5.41, 5.74) is 6.72. The van der Waals surface area contributed by atoms with Crippen molar-refractivity contribution in [3.63, 3.8) is 0 Å². The Bertz CT molecular complexity index is 1270. The zero-order valence-electron chi connectivity index (χ0n) is 16.5. The molecule has 3 aromatic carbocycles. The molecule has 0 unspecified atom stereocenters. The van der Waals surface area contributed by atoms with Gasteiger partial charge in [0.25, 0.3) is 0 Å². The van der Waals surface area contributed by atoms with Crippen LogP contribution in [0.3, 0.4) is 0 Å². The Hall–Kier alpha value is -3.92. The second-order valence-corrected chi connectivity index (χ2v) is 7.14. The van der Waals surface area contributed by atoms with Gasteiger partial charge in [-0.2, -0.15) is 0 Å². The summed E-state index contributed by atoms with van der Waals surface area (Å²) in [6, 6.07) is 25.1. The summed E-state index contributed by atoms with van der Waals surface area (Å²) in [6.07, 6.45) is 1.90. The number of hydrogen-bond donors (Lipinski definition) is 0. The first-order valence-corrected chi connectivity index (χ1v) is 9.91. The maximum absolute atomic E-state index is 13.1. The summed E-state index contributed by atoms with van der Waals surface area (Å²) >= 11 is 0. The van der Waals surface area contributed by atoms with E-state index in [-0.39, 0.29) is 11.8 Å². The Balaban J connectivity index is 1.71. The van der Waals surface area contributed by atoms with Crippen molar-refractivity contribution < 1.29 is 14.3 Å². The third-order valence-electron chi connectivity index (χ3n) is 5.39. The number of rotatable bonds is 4.